The quantitative estimate of drug-likeness (QED) is 0.0351. The summed E-state index contributed by atoms with van der Waals surface area (Å²) in [6.07, 6.45) is 4.29. The number of para-hydroxylation sites is 1. The maximum atomic E-state index is 14.3. The number of aromatic amines is 1. The van der Waals surface area contributed by atoms with E-state index in [0.717, 1.165) is 10.9 Å². The molecule has 3 aromatic carbocycles. The Bertz CT molecular complexity index is 2530. The van der Waals surface area contributed by atoms with Crippen LogP contribution in [-0.4, -0.2) is 141 Å². The van der Waals surface area contributed by atoms with Gasteiger partial charge in [-0.15, -0.1) is 0 Å². The maximum absolute atomic E-state index is 14.3. The topological polar surface area (TPSA) is 337 Å². The van der Waals surface area contributed by atoms with Gasteiger partial charge in [-0.05, 0) is 71.7 Å². The van der Waals surface area contributed by atoms with Crippen molar-refractivity contribution in [2.75, 3.05) is 30.6 Å². The summed E-state index contributed by atoms with van der Waals surface area (Å²) in [7, 11) is 0. The molecule has 0 spiro atoms. The molecule has 1 aromatic heterocycles. The van der Waals surface area contributed by atoms with Gasteiger partial charge in [0.2, 0.25) is 47.3 Å². The van der Waals surface area contributed by atoms with E-state index in [0.29, 0.717) is 28.2 Å². The zero-order chi connectivity index (χ0) is 52.0. The number of aromatic carboxylic acids is 1. The van der Waals surface area contributed by atoms with Gasteiger partial charge in [-0.2, -0.15) is 23.5 Å². The number of amides is 8. The molecular weight excluding hydrogens is 959 g/mol. The van der Waals surface area contributed by atoms with Crippen molar-refractivity contribution in [3.8, 4) is 0 Å². The molecule has 6 unspecified atom stereocenters. The average Bonchev–Trinajstić information content (AvgIpc) is 3.74. The van der Waals surface area contributed by atoms with Gasteiger partial charge in [0.25, 0.3) is 0 Å². The highest BCUT2D eigenvalue weighted by Gasteiger charge is 2.33. The first-order valence-corrected chi connectivity index (χ1v) is 25.1. The zero-order valence-corrected chi connectivity index (χ0v) is 40.9. The number of nitrogens with two attached hydrogens (primary N) is 1. The van der Waals surface area contributed by atoms with Crippen LogP contribution in [0.5, 0.6) is 0 Å². The van der Waals surface area contributed by atoms with Gasteiger partial charge < -0.3 is 58.1 Å². The summed E-state index contributed by atoms with van der Waals surface area (Å²) >= 11 is 2.73. The number of hydrogen-bond acceptors (Lipinski definition) is 12. The molecule has 4 aromatic rings. The third-order valence-corrected chi connectivity index (χ3v) is 12.2. The molecule has 0 bridgehead atoms. The molecule has 0 fully saturated rings. The van der Waals surface area contributed by atoms with Crippen LogP contribution >= 0.6 is 23.5 Å². The van der Waals surface area contributed by atoms with Gasteiger partial charge in [0.15, 0.2) is 0 Å². The summed E-state index contributed by atoms with van der Waals surface area (Å²) in [5.41, 5.74) is 8.13. The van der Waals surface area contributed by atoms with Crippen LogP contribution in [0.2, 0.25) is 0 Å². The van der Waals surface area contributed by atoms with Gasteiger partial charge in [0.1, 0.15) is 36.3 Å². The Labute approximate surface area is 417 Å². The second-order valence-electron chi connectivity index (χ2n) is 16.4. The van der Waals surface area contributed by atoms with Gasteiger partial charge in [-0.3, -0.25) is 43.2 Å². The van der Waals surface area contributed by atoms with Crippen molar-refractivity contribution < 1.29 is 58.2 Å². The van der Waals surface area contributed by atoms with Gasteiger partial charge in [-0.25, -0.2) is 4.79 Å². The van der Waals surface area contributed by atoms with E-state index in [1.807, 2.05) is 6.07 Å². The highest BCUT2D eigenvalue weighted by molar-refractivity contribution is 7.98. The first kappa shape index (κ1) is 56.2. The Morgan fingerprint density at radius 1 is 0.577 bits per heavy atom. The monoisotopic (exact) mass is 1020 g/mol. The van der Waals surface area contributed by atoms with E-state index in [9.17, 15) is 58.2 Å². The van der Waals surface area contributed by atoms with Crippen LogP contribution in [0.3, 0.4) is 0 Å². The van der Waals surface area contributed by atoms with Crippen LogP contribution in [0, 0.1) is 0 Å². The van der Waals surface area contributed by atoms with Crippen LogP contribution in [-0.2, 0) is 62.4 Å². The second-order valence-corrected chi connectivity index (χ2v) is 18.3. The molecule has 0 radical (unpaired) electrons. The van der Waals surface area contributed by atoms with E-state index in [1.54, 1.807) is 67.2 Å². The summed E-state index contributed by atoms with van der Waals surface area (Å²) in [4.78, 5) is 133. The Morgan fingerprint density at radius 2 is 1.08 bits per heavy atom. The van der Waals surface area contributed by atoms with E-state index in [1.165, 1.54) is 54.7 Å². The summed E-state index contributed by atoms with van der Waals surface area (Å²) in [6, 6.07) is 13.5. The van der Waals surface area contributed by atoms with Gasteiger partial charge in [0, 0.05) is 43.3 Å². The molecule has 6 atom stereocenters. The minimum absolute atomic E-state index is 0.00479. The number of carboxylic acid groups (broad SMARTS) is 2. The number of carboxylic acids is 2. The molecule has 0 aliphatic carbocycles. The van der Waals surface area contributed by atoms with Crippen LogP contribution in [0.15, 0.2) is 85.1 Å². The van der Waals surface area contributed by atoms with E-state index < -0.39 is 108 Å². The maximum Gasteiger partial charge on any atom is 0.335 e. The Hall–Kier alpha value is -7.40. The number of H-pyrrole nitrogens is 1. The highest BCUT2D eigenvalue weighted by atomic mass is 32.2. The van der Waals surface area contributed by atoms with Crippen LogP contribution in [0.25, 0.3) is 10.9 Å². The minimum atomic E-state index is -1.70. The number of fused-ring (bicyclic) bond motifs is 1. The Kier molecular flexibility index (Phi) is 22.4. The lowest BCUT2D eigenvalue weighted by molar-refractivity contribution is -0.141. The van der Waals surface area contributed by atoms with Crippen molar-refractivity contribution in [2.45, 2.75) is 81.7 Å². The van der Waals surface area contributed by atoms with Gasteiger partial charge >= 0.3 is 11.9 Å². The smallest absolute Gasteiger partial charge is 0.335 e. The molecule has 23 heteroatoms. The van der Waals surface area contributed by atoms with Crippen molar-refractivity contribution in [2.24, 2.45) is 5.73 Å². The number of carbonyl (C=O) groups is 10. The fourth-order valence-corrected chi connectivity index (χ4v) is 8.24. The first-order chi connectivity index (χ1) is 33.9. The predicted octanol–water partition coefficient (Wildman–Crippen LogP) is 0.405. The Balaban J connectivity index is 1.51. The van der Waals surface area contributed by atoms with E-state index in [4.69, 9.17) is 5.73 Å². The lowest BCUT2D eigenvalue weighted by Gasteiger charge is -2.26. The summed E-state index contributed by atoms with van der Waals surface area (Å²) in [5.74, 6) is -8.33. The van der Waals surface area contributed by atoms with Crippen LogP contribution in [0.4, 0.5) is 0 Å². The highest BCUT2D eigenvalue weighted by Crippen LogP contribution is 2.20. The fourth-order valence-electron chi connectivity index (χ4n) is 7.29. The Morgan fingerprint density at radius 3 is 1.66 bits per heavy atom. The molecule has 1 heterocycles. The fraction of sp³-hybridized carbons (Fsp3) is 0.375. The standard InChI is InChI=1S/C48H59N9O12S2/c1-27(58)52-37(22-29-13-15-30(16-14-29)48(68)69)45(65)54-34(17-19-70-2)43(63)51-26-40(59)53-38(23-31-25-50-33-12-8-7-11-32(31)33)46(66)55-35(18-20-71-3)44(64)57-39(24-41(60)61)47(67)56-36(42(49)62)21-28-9-5-4-6-10-28/h4-16,25,34-39,50H,17-24,26H2,1-3H3,(H2,49,62)(H,51,63)(H,52,58)(H,53,59)(H,54,65)(H,55,66)(H,56,67)(H,57,64)(H,60,61)(H,68,69). The molecule has 0 saturated carbocycles. The number of rotatable bonds is 29. The molecule has 0 saturated heterocycles. The van der Waals surface area contributed by atoms with Crippen molar-refractivity contribution >= 4 is 93.6 Å². The third kappa shape index (κ3) is 18.5. The van der Waals surface area contributed by atoms with Crippen molar-refractivity contribution in [3.05, 3.63) is 107 Å². The van der Waals surface area contributed by atoms with Crippen LogP contribution < -0.4 is 43.0 Å². The normalized spacial score (nSPS) is 13.5. The number of carbonyl (C=O) groups excluding carboxylic acids is 8. The molecule has 12 N–H and O–H groups in total. The van der Waals surface area contributed by atoms with Crippen molar-refractivity contribution in [1.82, 2.24) is 42.2 Å². The third-order valence-electron chi connectivity index (χ3n) is 11.0. The molecule has 71 heavy (non-hydrogen) atoms. The summed E-state index contributed by atoms with van der Waals surface area (Å²) < 4.78 is 0. The second kappa shape index (κ2) is 28.3. The number of hydrogen-bond donors (Lipinski definition) is 11. The number of primary amides is 1. The molecular formula is C48H59N9O12S2. The van der Waals surface area contributed by atoms with Gasteiger partial charge in [-0.1, -0.05) is 60.7 Å². The summed E-state index contributed by atoms with van der Waals surface area (Å²) in [5, 5.41) is 37.5. The average molecular weight is 1020 g/mol. The molecule has 8 amide bonds. The lowest BCUT2D eigenvalue weighted by Crippen LogP contribution is -2.59. The van der Waals surface area contributed by atoms with E-state index in [2.05, 4.69) is 42.2 Å². The van der Waals surface area contributed by atoms with Gasteiger partial charge in [0.05, 0.1) is 18.5 Å². The van der Waals surface area contributed by atoms with Crippen molar-refractivity contribution in [3.63, 3.8) is 0 Å². The van der Waals surface area contributed by atoms with Crippen LogP contribution in [0.1, 0.15) is 53.2 Å². The SMILES string of the molecule is CSCCC(NC(=O)C(Cc1ccc(C(=O)O)cc1)NC(C)=O)C(=O)NCC(=O)NC(Cc1c[nH]c2ccccc12)C(=O)NC(CCSC)C(=O)NC(CC(=O)O)C(=O)NC(Cc1ccccc1)C(N)=O. The van der Waals surface area contributed by atoms with Crippen molar-refractivity contribution in [1.29, 1.82) is 0 Å². The molecule has 0 aliphatic heterocycles. The molecule has 380 valence electrons. The largest absolute Gasteiger partial charge is 0.481 e. The number of nitrogens with one attached hydrogen (secondary N) is 8. The number of benzene rings is 3. The first-order valence-electron chi connectivity index (χ1n) is 22.3. The summed E-state index contributed by atoms with van der Waals surface area (Å²) in [6.45, 7) is 0.554. The molecule has 21 nitrogen and oxygen atoms in total. The number of aromatic nitrogens is 1. The van der Waals surface area contributed by atoms with E-state index in [-0.39, 0.29) is 37.7 Å². The predicted molar refractivity (Wildman–Crippen MR) is 267 cm³/mol. The number of aliphatic carboxylic acids is 1. The van der Waals surface area contributed by atoms with E-state index >= 15 is 0 Å². The minimum Gasteiger partial charge on any atom is -0.481 e. The number of thioether (sulfide) groups is 2. The lowest BCUT2D eigenvalue weighted by atomic mass is 10.0. The molecule has 0 aliphatic rings. The molecule has 4 rings (SSSR count). The zero-order valence-electron chi connectivity index (χ0n) is 39.3.